The topological polar surface area (TPSA) is 102 Å². The van der Waals surface area contributed by atoms with Crippen LogP contribution in [0.5, 0.6) is 0 Å². The summed E-state index contributed by atoms with van der Waals surface area (Å²) in [5.41, 5.74) is -0.242. The summed E-state index contributed by atoms with van der Waals surface area (Å²) < 4.78 is 29.8. The third-order valence-electron chi connectivity index (χ3n) is 3.68. The Morgan fingerprint density at radius 1 is 1.20 bits per heavy atom. The molecule has 0 bridgehead atoms. The second kappa shape index (κ2) is 8.41. The van der Waals surface area contributed by atoms with Gasteiger partial charge >= 0.3 is 5.97 Å². The van der Waals surface area contributed by atoms with E-state index in [9.17, 15) is 18.0 Å². The number of carbonyl (C=O) groups excluding carboxylic acids is 2. The Morgan fingerprint density at radius 2 is 1.76 bits per heavy atom. The molecule has 1 amide bonds. The minimum absolute atomic E-state index is 0.0316. The quantitative estimate of drug-likeness (QED) is 0.546. The molecule has 1 rings (SSSR count). The molecule has 0 spiro atoms. The van der Waals surface area contributed by atoms with E-state index in [0.29, 0.717) is 4.47 Å². The normalized spacial score (nSPS) is 12.1. The molecule has 0 aliphatic rings. The number of hydroxylamine groups is 1. The molecule has 0 saturated carbocycles. The van der Waals surface area contributed by atoms with Gasteiger partial charge < -0.3 is 10.1 Å². The fraction of sp³-hybridized carbons (Fsp3) is 0.500. The lowest BCUT2D eigenvalue weighted by atomic mass is 10.0. The highest BCUT2D eigenvalue weighted by Crippen LogP contribution is 2.15. The Morgan fingerprint density at radius 3 is 2.24 bits per heavy atom. The van der Waals surface area contributed by atoms with E-state index >= 15 is 0 Å². The molecule has 1 aromatic carbocycles. The first kappa shape index (κ1) is 21.1. The average Bonchev–Trinajstić information content (AvgIpc) is 2.58. The van der Waals surface area contributed by atoms with E-state index in [2.05, 4.69) is 10.2 Å². The number of ether oxygens (including phenoxy) is 1. The van der Waals surface area contributed by atoms with Gasteiger partial charge in [0, 0.05) is 12.6 Å². The molecule has 0 radical (unpaired) electrons. The summed E-state index contributed by atoms with van der Waals surface area (Å²) in [6, 6.07) is 5.16. The highest BCUT2D eigenvalue weighted by molar-refractivity contribution is 7.89. The molecule has 1 aromatic rings. The fourth-order valence-electron chi connectivity index (χ4n) is 1.73. The second-order valence-electron chi connectivity index (χ2n) is 5.98. The number of nitrogens with one attached hydrogen (secondary N) is 1. The van der Waals surface area contributed by atoms with Gasteiger partial charge in [-0.25, -0.2) is 13.2 Å². The fourth-order valence-corrected chi connectivity index (χ4v) is 2.70. The van der Waals surface area contributed by atoms with Crippen molar-refractivity contribution in [1.82, 2.24) is 9.79 Å². The summed E-state index contributed by atoms with van der Waals surface area (Å²) in [6.07, 6.45) is 0.735. The van der Waals surface area contributed by atoms with Crippen molar-refractivity contribution in [2.45, 2.75) is 37.6 Å². The van der Waals surface area contributed by atoms with Gasteiger partial charge in [0.05, 0.1) is 17.6 Å². The van der Waals surface area contributed by atoms with Crippen LogP contribution in [0.1, 0.15) is 37.6 Å². The van der Waals surface area contributed by atoms with Crippen molar-refractivity contribution < 1.29 is 27.6 Å². The van der Waals surface area contributed by atoms with E-state index in [1.165, 1.54) is 38.4 Å². The highest BCUT2D eigenvalue weighted by atomic mass is 32.2. The van der Waals surface area contributed by atoms with Crippen LogP contribution >= 0.6 is 0 Å². The monoisotopic (exact) mass is 372 g/mol. The molecule has 8 nitrogen and oxygen atoms in total. The lowest BCUT2D eigenvalue weighted by Crippen LogP contribution is -2.44. The van der Waals surface area contributed by atoms with Crippen LogP contribution in [0.4, 0.5) is 0 Å². The molecule has 0 fully saturated rings. The number of amides is 1. The van der Waals surface area contributed by atoms with Crippen LogP contribution in [0.3, 0.4) is 0 Å². The summed E-state index contributed by atoms with van der Waals surface area (Å²) in [7, 11) is -1.30. The van der Waals surface area contributed by atoms with E-state index in [-0.39, 0.29) is 16.0 Å². The largest absolute Gasteiger partial charge is 0.452 e. The minimum atomic E-state index is -3.79. The SMILES string of the molecule is CCC(C)(C)NC(=O)COC(=O)c1ccc(S(=O)(=O)N(C)OC)cc1. The van der Waals surface area contributed by atoms with Crippen LogP contribution in [0, 0.1) is 0 Å². The zero-order valence-corrected chi connectivity index (χ0v) is 15.8. The molecule has 0 atom stereocenters. The van der Waals surface area contributed by atoms with Crippen molar-refractivity contribution in [3.8, 4) is 0 Å². The van der Waals surface area contributed by atoms with Crippen LogP contribution in [0.25, 0.3) is 0 Å². The van der Waals surface area contributed by atoms with Gasteiger partial charge in [0.1, 0.15) is 0 Å². The number of carbonyl (C=O) groups is 2. The molecule has 0 aliphatic heterocycles. The Labute approximate surface area is 148 Å². The predicted octanol–water partition coefficient (Wildman–Crippen LogP) is 1.33. The molecule has 140 valence electrons. The van der Waals surface area contributed by atoms with Crippen molar-refractivity contribution in [3.63, 3.8) is 0 Å². The Bertz CT molecular complexity index is 713. The maximum atomic E-state index is 12.1. The summed E-state index contributed by atoms with van der Waals surface area (Å²) in [6.45, 7) is 5.25. The minimum Gasteiger partial charge on any atom is -0.452 e. The van der Waals surface area contributed by atoms with E-state index in [4.69, 9.17) is 4.74 Å². The number of benzene rings is 1. The lowest BCUT2D eigenvalue weighted by molar-refractivity contribution is -0.125. The summed E-state index contributed by atoms with van der Waals surface area (Å²) in [5, 5.41) is 2.75. The van der Waals surface area contributed by atoms with Crippen LogP contribution in [-0.2, 0) is 24.4 Å². The van der Waals surface area contributed by atoms with E-state index in [1.54, 1.807) is 0 Å². The van der Waals surface area contributed by atoms with Crippen molar-refractivity contribution >= 4 is 21.9 Å². The van der Waals surface area contributed by atoms with E-state index in [1.807, 2.05) is 20.8 Å². The molecular formula is C16H24N2O6S. The zero-order valence-electron chi connectivity index (χ0n) is 15.0. The number of hydrogen-bond donors (Lipinski definition) is 1. The van der Waals surface area contributed by atoms with Gasteiger partial charge in [-0.05, 0) is 44.5 Å². The number of sulfonamides is 1. The van der Waals surface area contributed by atoms with Crippen LogP contribution in [0.2, 0.25) is 0 Å². The third-order valence-corrected chi connectivity index (χ3v) is 5.37. The lowest BCUT2D eigenvalue weighted by Gasteiger charge is -2.24. The summed E-state index contributed by atoms with van der Waals surface area (Å²) >= 11 is 0. The van der Waals surface area contributed by atoms with Gasteiger partial charge in [0.15, 0.2) is 6.61 Å². The maximum absolute atomic E-state index is 12.1. The van der Waals surface area contributed by atoms with Crippen molar-refractivity contribution in [3.05, 3.63) is 29.8 Å². The number of hydrogen-bond acceptors (Lipinski definition) is 6. The van der Waals surface area contributed by atoms with Gasteiger partial charge in [0.25, 0.3) is 15.9 Å². The molecule has 0 saturated heterocycles. The average molecular weight is 372 g/mol. The number of rotatable bonds is 8. The molecule has 25 heavy (non-hydrogen) atoms. The number of esters is 1. The first-order valence-electron chi connectivity index (χ1n) is 7.64. The standard InChI is InChI=1S/C16H24N2O6S/c1-6-16(2,3)17-14(19)11-24-15(20)12-7-9-13(10-8-12)25(21,22)18(4)23-5/h7-10H,6,11H2,1-5H3,(H,17,19). The molecule has 1 N–H and O–H groups in total. The summed E-state index contributed by atoms with van der Waals surface area (Å²) in [4.78, 5) is 28.3. The van der Waals surface area contributed by atoms with Crippen LogP contribution < -0.4 is 5.32 Å². The zero-order chi connectivity index (χ0) is 19.3. The Hall–Kier alpha value is -1.97. The maximum Gasteiger partial charge on any atom is 0.338 e. The third kappa shape index (κ3) is 5.80. The smallest absolute Gasteiger partial charge is 0.338 e. The molecule has 0 heterocycles. The summed E-state index contributed by atoms with van der Waals surface area (Å²) in [5.74, 6) is -1.12. The molecule has 9 heteroatoms. The van der Waals surface area contributed by atoms with Gasteiger partial charge in [-0.2, -0.15) is 0 Å². The predicted molar refractivity (Wildman–Crippen MR) is 91.2 cm³/mol. The first-order valence-corrected chi connectivity index (χ1v) is 9.08. The van der Waals surface area contributed by atoms with Gasteiger partial charge in [-0.1, -0.05) is 11.4 Å². The van der Waals surface area contributed by atoms with Gasteiger partial charge in [-0.15, -0.1) is 0 Å². The van der Waals surface area contributed by atoms with Crippen molar-refractivity contribution in [1.29, 1.82) is 0 Å². The molecule has 0 aliphatic carbocycles. The Kier molecular flexibility index (Phi) is 7.09. The molecule has 0 aromatic heterocycles. The van der Waals surface area contributed by atoms with Crippen LogP contribution in [0.15, 0.2) is 29.2 Å². The van der Waals surface area contributed by atoms with E-state index < -0.39 is 28.5 Å². The molecular weight excluding hydrogens is 348 g/mol. The van der Waals surface area contributed by atoms with Crippen LogP contribution in [-0.4, -0.2) is 51.1 Å². The highest BCUT2D eigenvalue weighted by Gasteiger charge is 2.22. The van der Waals surface area contributed by atoms with Gasteiger partial charge in [0.2, 0.25) is 0 Å². The number of nitrogens with zero attached hydrogens (tertiary/aromatic N) is 1. The van der Waals surface area contributed by atoms with Crippen molar-refractivity contribution in [2.24, 2.45) is 0 Å². The van der Waals surface area contributed by atoms with Crippen molar-refractivity contribution in [2.75, 3.05) is 20.8 Å². The molecule has 0 unspecified atom stereocenters. The van der Waals surface area contributed by atoms with Gasteiger partial charge in [-0.3, -0.25) is 9.63 Å². The van der Waals surface area contributed by atoms with E-state index in [0.717, 1.165) is 6.42 Å². The second-order valence-corrected chi connectivity index (χ2v) is 7.92. The Balaban J connectivity index is 2.71. The first-order chi connectivity index (χ1) is 11.5.